The summed E-state index contributed by atoms with van der Waals surface area (Å²) in [6, 6.07) is 3.81. The van der Waals surface area contributed by atoms with Crippen molar-refractivity contribution in [1.29, 1.82) is 0 Å². The Morgan fingerprint density at radius 2 is 1.90 bits per heavy atom. The number of carbonyl (C=O) groups is 1. The van der Waals surface area contributed by atoms with Gasteiger partial charge < -0.3 is 14.6 Å². The summed E-state index contributed by atoms with van der Waals surface area (Å²) < 4.78 is 10.5. The van der Waals surface area contributed by atoms with E-state index in [1.165, 1.54) is 0 Å². The van der Waals surface area contributed by atoms with E-state index in [9.17, 15) is 9.90 Å². The van der Waals surface area contributed by atoms with E-state index in [0.717, 1.165) is 17.5 Å². The van der Waals surface area contributed by atoms with Gasteiger partial charge in [0.15, 0.2) is 11.5 Å². The van der Waals surface area contributed by atoms with Crippen LogP contribution in [-0.4, -0.2) is 30.8 Å². The summed E-state index contributed by atoms with van der Waals surface area (Å²) in [5.74, 6) is 0.583. The summed E-state index contributed by atoms with van der Waals surface area (Å²) in [4.78, 5) is 11.3. The van der Waals surface area contributed by atoms with E-state index in [0.29, 0.717) is 30.9 Å². The van der Waals surface area contributed by atoms with Crippen molar-refractivity contribution in [2.45, 2.75) is 38.3 Å². The molecule has 2 rings (SSSR count). The van der Waals surface area contributed by atoms with Crippen LogP contribution in [0.3, 0.4) is 0 Å². The maximum Gasteiger partial charge on any atom is 0.323 e. The molecule has 0 atom stereocenters. The molecule has 5 nitrogen and oxygen atoms in total. The zero-order valence-corrected chi connectivity index (χ0v) is 12.2. The Morgan fingerprint density at radius 3 is 2.35 bits per heavy atom. The smallest absolute Gasteiger partial charge is 0.323 e. The summed E-state index contributed by atoms with van der Waals surface area (Å²) in [5.41, 5.74) is 1.32. The predicted octanol–water partition coefficient (Wildman–Crippen LogP) is 2.11. The SMILES string of the molecule is COc1cc(C)c(CNC2(C(=O)O)CCC2)cc1OC. The molecule has 5 heteroatoms. The van der Waals surface area contributed by atoms with E-state index < -0.39 is 11.5 Å². The van der Waals surface area contributed by atoms with E-state index >= 15 is 0 Å². The summed E-state index contributed by atoms with van der Waals surface area (Å²) in [6.07, 6.45) is 2.34. The molecule has 0 aliphatic heterocycles. The van der Waals surface area contributed by atoms with Gasteiger partial charge in [0.1, 0.15) is 5.54 Å². The number of hydrogen-bond acceptors (Lipinski definition) is 4. The number of hydrogen-bond donors (Lipinski definition) is 2. The Kier molecular flexibility index (Phi) is 4.18. The van der Waals surface area contributed by atoms with Crippen LogP contribution < -0.4 is 14.8 Å². The second-order valence-corrected chi connectivity index (χ2v) is 5.23. The molecule has 1 fully saturated rings. The number of nitrogens with one attached hydrogen (secondary N) is 1. The molecule has 0 unspecified atom stereocenters. The Labute approximate surface area is 118 Å². The molecule has 1 aromatic carbocycles. The molecule has 0 bridgehead atoms. The number of aliphatic carboxylic acids is 1. The molecule has 2 N–H and O–H groups in total. The highest BCUT2D eigenvalue weighted by atomic mass is 16.5. The van der Waals surface area contributed by atoms with E-state index in [1.54, 1.807) is 14.2 Å². The van der Waals surface area contributed by atoms with Crippen molar-refractivity contribution in [2.24, 2.45) is 0 Å². The first-order valence-electron chi connectivity index (χ1n) is 6.72. The Morgan fingerprint density at radius 1 is 1.30 bits per heavy atom. The number of ether oxygens (including phenoxy) is 2. The molecule has 1 aliphatic carbocycles. The number of carboxylic acids is 1. The van der Waals surface area contributed by atoms with E-state index in [2.05, 4.69) is 5.32 Å². The molecule has 0 heterocycles. The quantitative estimate of drug-likeness (QED) is 0.834. The molecule has 20 heavy (non-hydrogen) atoms. The normalized spacial score (nSPS) is 16.4. The lowest BCUT2D eigenvalue weighted by Crippen LogP contribution is -2.56. The zero-order chi connectivity index (χ0) is 14.8. The molecule has 0 saturated heterocycles. The molecule has 110 valence electrons. The van der Waals surface area contributed by atoms with Crippen molar-refractivity contribution in [3.05, 3.63) is 23.3 Å². The molecule has 1 saturated carbocycles. The monoisotopic (exact) mass is 279 g/mol. The third-order valence-electron chi connectivity index (χ3n) is 4.08. The molecular weight excluding hydrogens is 258 g/mol. The number of benzene rings is 1. The van der Waals surface area contributed by atoms with E-state index in [-0.39, 0.29) is 0 Å². The van der Waals surface area contributed by atoms with E-state index in [4.69, 9.17) is 9.47 Å². The van der Waals surface area contributed by atoms with Gasteiger partial charge in [-0.2, -0.15) is 0 Å². The van der Waals surface area contributed by atoms with Gasteiger partial charge in [0, 0.05) is 6.54 Å². The second-order valence-electron chi connectivity index (χ2n) is 5.23. The molecule has 0 spiro atoms. The molecule has 0 radical (unpaired) electrons. The van der Waals surface area contributed by atoms with Gasteiger partial charge in [-0.05, 0) is 49.4 Å². The van der Waals surface area contributed by atoms with Gasteiger partial charge in [-0.25, -0.2) is 0 Å². The minimum absolute atomic E-state index is 0.512. The standard InChI is InChI=1S/C15H21NO4/c1-10-7-12(19-2)13(20-3)8-11(10)9-16-15(14(17)18)5-4-6-15/h7-8,16H,4-6,9H2,1-3H3,(H,17,18). The van der Waals surface area contributed by atoms with Crippen LogP contribution in [0.2, 0.25) is 0 Å². The van der Waals surface area contributed by atoms with Crippen molar-refractivity contribution in [3.63, 3.8) is 0 Å². The summed E-state index contributed by atoms with van der Waals surface area (Å²) in [7, 11) is 3.19. The van der Waals surface area contributed by atoms with Gasteiger partial charge in [-0.1, -0.05) is 0 Å². The maximum atomic E-state index is 11.3. The fraction of sp³-hybridized carbons (Fsp3) is 0.533. The minimum atomic E-state index is -0.762. The molecule has 0 amide bonds. The van der Waals surface area contributed by atoms with Crippen molar-refractivity contribution in [1.82, 2.24) is 5.32 Å². The topological polar surface area (TPSA) is 67.8 Å². The number of carboxylic acid groups (broad SMARTS) is 1. The first-order valence-corrected chi connectivity index (χ1v) is 6.72. The Hall–Kier alpha value is -1.75. The van der Waals surface area contributed by atoms with Gasteiger partial charge in [0.05, 0.1) is 14.2 Å². The van der Waals surface area contributed by atoms with Crippen molar-refractivity contribution in [3.8, 4) is 11.5 Å². The van der Waals surface area contributed by atoms with Crippen LogP contribution in [0.1, 0.15) is 30.4 Å². The molecule has 0 aromatic heterocycles. The van der Waals surface area contributed by atoms with Crippen molar-refractivity contribution < 1.29 is 19.4 Å². The van der Waals surface area contributed by atoms with Crippen LogP contribution in [0.4, 0.5) is 0 Å². The first kappa shape index (κ1) is 14.7. The third-order valence-corrected chi connectivity index (χ3v) is 4.08. The Bertz CT molecular complexity index is 509. The maximum absolute atomic E-state index is 11.3. The van der Waals surface area contributed by atoms with E-state index in [1.807, 2.05) is 19.1 Å². The van der Waals surface area contributed by atoms with Crippen LogP contribution in [0, 0.1) is 6.92 Å². The highest BCUT2D eigenvalue weighted by Crippen LogP contribution is 2.34. The zero-order valence-electron chi connectivity index (χ0n) is 12.2. The number of aryl methyl sites for hydroxylation is 1. The lowest BCUT2D eigenvalue weighted by molar-refractivity contribution is -0.148. The van der Waals surface area contributed by atoms with Gasteiger partial charge in [0.2, 0.25) is 0 Å². The van der Waals surface area contributed by atoms with Crippen LogP contribution >= 0.6 is 0 Å². The molecular formula is C15H21NO4. The van der Waals surface area contributed by atoms with Gasteiger partial charge in [-0.15, -0.1) is 0 Å². The average molecular weight is 279 g/mol. The largest absolute Gasteiger partial charge is 0.493 e. The summed E-state index contributed by atoms with van der Waals surface area (Å²) >= 11 is 0. The fourth-order valence-corrected chi connectivity index (χ4v) is 2.47. The van der Waals surface area contributed by atoms with Crippen molar-refractivity contribution in [2.75, 3.05) is 14.2 Å². The van der Waals surface area contributed by atoms with Gasteiger partial charge in [-0.3, -0.25) is 10.1 Å². The lowest BCUT2D eigenvalue weighted by atomic mass is 9.76. The Balaban J connectivity index is 2.15. The summed E-state index contributed by atoms with van der Waals surface area (Å²) in [5, 5.41) is 12.5. The van der Waals surface area contributed by atoms with Crippen LogP contribution in [0.5, 0.6) is 11.5 Å². The highest BCUT2D eigenvalue weighted by molar-refractivity contribution is 5.80. The second kappa shape index (κ2) is 5.71. The highest BCUT2D eigenvalue weighted by Gasteiger charge is 2.43. The van der Waals surface area contributed by atoms with Crippen molar-refractivity contribution >= 4 is 5.97 Å². The fourth-order valence-electron chi connectivity index (χ4n) is 2.47. The molecule has 1 aromatic rings. The molecule has 1 aliphatic rings. The predicted molar refractivity (Wildman–Crippen MR) is 75.3 cm³/mol. The van der Waals surface area contributed by atoms with Crippen LogP contribution in [0.25, 0.3) is 0 Å². The first-order chi connectivity index (χ1) is 9.52. The third kappa shape index (κ3) is 2.58. The van der Waals surface area contributed by atoms with Crippen LogP contribution in [-0.2, 0) is 11.3 Å². The lowest BCUT2D eigenvalue weighted by Gasteiger charge is -2.38. The number of methoxy groups -OCH3 is 2. The van der Waals surface area contributed by atoms with Crippen LogP contribution in [0.15, 0.2) is 12.1 Å². The van der Waals surface area contributed by atoms with Gasteiger partial charge in [0.25, 0.3) is 0 Å². The summed E-state index contributed by atoms with van der Waals surface area (Å²) in [6.45, 7) is 2.49. The van der Waals surface area contributed by atoms with Gasteiger partial charge >= 0.3 is 5.97 Å². The number of rotatable bonds is 6. The minimum Gasteiger partial charge on any atom is -0.493 e. The average Bonchev–Trinajstić information content (AvgIpc) is 2.38.